The summed E-state index contributed by atoms with van der Waals surface area (Å²) in [6.07, 6.45) is 2.98. The van der Waals surface area contributed by atoms with Crippen molar-refractivity contribution in [1.82, 2.24) is 15.1 Å². The van der Waals surface area contributed by atoms with Gasteiger partial charge in [-0.3, -0.25) is 4.79 Å². The maximum Gasteiger partial charge on any atom is 0.243 e. The zero-order valence-electron chi connectivity index (χ0n) is 12.1. The summed E-state index contributed by atoms with van der Waals surface area (Å²) in [7, 11) is 0. The molecule has 1 atom stereocenters. The van der Waals surface area contributed by atoms with Crippen molar-refractivity contribution in [1.29, 1.82) is 0 Å². The van der Waals surface area contributed by atoms with Crippen molar-refractivity contribution >= 4 is 17.4 Å². The third-order valence-corrected chi connectivity index (χ3v) is 3.71. The summed E-state index contributed by atoms with van der Waals surface area (Å²) in [5, 5.41) is 7.11. The highest BCUT2D eigenvalue weighted by atomic mass is 19.1. The van der Waals surface area contributed by atoms with Crippen LogP contribution < -0.4 is 10.2 Å². The molecule has 1 aromatic heterocycles. The molecule has 1 aliphatic heterocycles. The van der Waals surface area contributed by atoms with Crippen LogP contribution in [0.1, 0.15) is 0 Å². The third kappa shape index (κ3) is 2.86. The standard InChI is InChI=1S/C16H17FN4O/c1-2-15(22)18-9-12-10-20(14-5-3-4-13(17)8-14)16-6-7-19-21(16)11-12/h2-8,12H,1,9-11H2,(H,18,22)/t12-/m0/s1. The zero-order chi connectivity index (χ0) is 15.5. The van der Waals surface area contributed by atoms with Crippen molar-refractivity contribution in [2.75, 3.05) is 18.0 Å². The highest BCUT2D eigenvalue weighted by Gasteiger charge is 2.26. The molecule has 0 radical (unpaired) electrons. The average Bonchev–Trinajstić information content (AvgIpc) is 3.00. The summed E-state index contributed by atoms with van der Waals surface area (Å²) in [5.41, 5.74) is 0.779. The van der Waals surface area contributed by atoms with E-state index in [1.807, 2.05) is 21.7 Å². The normalized spacial score (nSPS) is 17.0. The Kier molecular flexibility index (Phi) is 3.91. The molecule has 1 N–H and O–H groups in total. The van der Waals surface area contributed by atoms with Crippen molar-refractivity contribution in [2.24, 2.45) is 5.92 Å². The minimum absolute atomic E-state index is 0.180. The molecule has 1 aromatic carbocycles. The molecule has 0 unspecified atom stereocenters. The number of carbonyl (C=O) groups is 1. The molecule has 3 rings (SSSR count). The number of aromatic nitrogens is 2. The number of rotatable bonds is 4. The van der Waals surface area contributed by atoms with E-state index in [1.54, 1.807) is 12.3 Å². The summed E-state index contributed by atoms with van der Waals surface area (Å²) in [4.78, 5) is 13.3. The first kappa shape index (κ1) is 14.3. The van der Waals surface area contributed by atoms with E-state index in [0.717, 1.165) is 11.5 Å². The van der Waals surface area contributed by atoms with Crippen LogP contribution in [0.4, 0.5) is 15.9 Å². The molecular weight excluding hydrogens is 283 g/mol. The van der Waals surface area contributed by atoms with E-state index in [0.29, 0.717) is 19.6 Å². The van der Waals surface area contributed by atoms with Gasteiger partial charge in [0, 0.05) is 37.3 Å². The summed E-state index contributed by atoms with van der Waals surface area (Å²) in [6, 6.07) is 8.39. The Morgan fingerprint density at radius 1 is 1.45 bits per heavy atom. The lowest BCUT2D eigenvalue weighted by Gasteiger charge is -2.34. The van der Waals surface area contributed by atoms with Gasteiger partial charge in [0.05, 0.1) is 6.20 Å². The van der Waals surface area contributed by atoms with Gasteiger partial charge in [0.1, 0.15) is 11.6 Å². The molecule has 0 spiro atoms. The van der Waals surface area contributed by atoms with Crippen LogP contribution >= 0.6 is 0 Å². The zero-order valence-corrected chi connectivity index (χ0v) is 12.1. The van der Waals surface area contributed by atoms with Gasteiger partial charge in [-0.25, -0.2) is 9.07 Å². The molecule has 2 aromatic rings. The smallest absolute Gasteiger partial charge is 0.243 e. The first-order valence-corrected chi connectivity index (χ1v) is 7.12. The van der Waals surface area contributed by atoms with Gasteiger partial charge in [0.25, 0.3) is 0 Å². The van der Waals surface area contributed by atoms with Crippen LogP contribution in [-0.2, 0) is 11.3 Å². The number of nitrogens with one attached hydrogen (secondary N) is 1. The number of hydrogen-bond acceptors (Lipinski definition) is 3. The van der Waals surface area contributed by atoms with E-state index in [2.05, 4.69) is 17.0 Å². The average molecular weight is 300 g/mol. The second-order valence-corrected chi connectivity index (χ2v) is 5.28. The molecule has 2 heterocycles. The number of halogens is 1. The van der Waals surface area contributed by atoms with E-state index in [1.165, 1.54) is 18.2 Å². The number of nitrogens with zero attached hydrogens (tertiary/aromatic N) is 3. The van der Waals surface area contributed by atoms with Crippen LogP contribution in [0.3, 0.4) is 0 Å². The molecule has 0 aliphatic carbocycles. The largest absolute Gasteiger partial charge is 0.352 e. The Morgan fingerprint density at radius 3 is 3.09 bits per heavy atom. The molecule has 22 heavy (non-hydrogen) atoms. The minimum Gasteiger partial charge on any atom is -0.352 e. The second kappa shape index (κ2) is 6.01. The van der Waals surface area contributed by atoms with E-state index in [9.17, 15) is 9.18 Å². The van der Waals surface area contributed by atoms with Crippen LogP contribution in [0.5, 0.6) is 0 Å². The number of carbonyl (C=O) groups excluding carboxylic acids is 1. The van der Waals surface area contributed by atoms with Gasteiger partial charge in [0.15, 0.2) is 0 Å². The molecule has 5 nitrogen and oxygen atoms in total. The van der Waals surface area contributed by atoms with Gasteiger partial charge in [0.2, 0.25) is 5.91 Å². The van der Waals surface area contributed by atoms with Crippen LogP contribution in [-0.4, -0.2) is 28.8 Å². The van der Waals surface area contributed by atoms with Crippen LogP contribution in [0.25, 0.3) is 0 Å². The van der Waals surface area contributed by atoms with E-state index in [-0.39, 0.29) is 17.6 Å². The van der Waals surface area contributed by atoms with Crippen molar-refractivity contribution < 1.29 is 9.18 Å². The van der Waals surface area contributed by atoms with Crippen molar-refractivity contribution in [3.05, 3.63) is 55.0 Å². The fourth-order valence-electron chi connectivity index (χ4n) is 2.68. The fraction of sp³-hybridized carbons (Fsp3) is 0.250. The lowest BCUT2D eigenvalue weighted by Crippen LogP contribution is -2.41. The molecule has 0 saturated heterocycles. The van der Waals surface area contributed by atoms with Crippen molar-refractivity contribution in [2.45, 2.75) is 6.54 Å². The lowest BCUT2D eigenvalue weighted by molar-refractivity contribution is -0.116. The number of amides is 1. The maximum atomic E-state index is 13.5. The second-order valence-electron chi connectivity index (χ2n) is 5.28. The predicted octanol–water partition coefficient (Wildman–Crippen LogP) is 2.09. The molecule has 0 saturated carbocycles. The van der Waals surface area contributed by atoms with Gasteiger partial charge < -0.3 is 10.2 Å². The Morgan fingerprint density at radius 2 is 2.32 bits per heavy atom. The number of hydrogen-bond donors (Lipinski definition) is 1. The molecule has 1 amide bonds. The van der Waals surface area contributed by atoms with Crippen LogP contribution in [0.2, 0.25) is 0 Å². The van der Waals surface area contributed by atoms with E-state index in [4.69, 9.17) is 0 Å². The molecule has 114 valence electrons. The Bertz CT molecular complexity index is 697. The highest BCUT2D eigenvalue weighted by molar-refractivity contribution is 5.86. The van der Waals surface area contributed by atoms with Crippen molar-refractivity contribution in [3.8, 4) is 0 Å². The molecule has 6 heteroatoms. The summed E-state index contributed by atoms with van der Waals surface area (Å²) < 4.78 is 15.4. The van der Waals surface area contributed by atoms with Gasteiger partial charge in [-0.2, -0.15) is 5.10 Å². The topological polar surface area (TPSA) is 50.2 Å². The molecule has 0 fully saturated rings. The Balaban J connectivity index is 1.83. The Labute approximate surface area is 128 Å². The predicted molar refractivity (Wildman–Crippen MR) is 82.3 cm³/mol. The lowest BCUT2D eigenvalue weighted by atomic mass is 10.1. The van der Waals surface area contributed by atoms with Crippen LogP contribution in [0, 0.1) is 11.7 Å². The fourth-order valence-corrected chi connectivity index (χ4v) is 2.68. The molecular formula is C16H17FN4O. The van der Waals surface area contributed by atoms with E-state index < -0.39 is 0 Å². The first-order valence-electron chi connectivity index (χ1n) is 7.12. The first-order chi connectivity index (χ1) is 10.7. The Hall–Kier alpha value is -2.63. The minimum atomic E-state index is -0.273. The number of benzene rings is 1. The van der Waals surface area contributed by atoms with Gasteiger partial charge >= 0.3 is 0 Å². The van der Waals surface area contributed by atoms with Gasteiger partial charge in [-0.05, 0) is 24.3 Å². The number of fused-ring (bicyclic) bond motifs is 1. The highest BCUT2D eigenvalue weighted by Crippen LogP contribution is 2.30. The maximum absolute atomic E-state index is 13.5. The van der Waals surface area contributed by atoms with Crippen LogP contribution in [0.15, 0.2) is 49.2 Å². The summed E-state index contributed by atoms with van der Waals surface area (Å²) >= 11 is 0. The monoisotopic (exact) mass is 300 g/mol. The van der Waals surface area contributed by atoms with Gasteiger partial charge in [-0.1, -0.05) is 12.6 Å². The van der Waals surface area contributed by atoms with Gasteiger partial charge in [-0.15, -0.1) is 0 Å². The molecule has 1 aliphatic rings. The quantitative estimate of drug-likeness (QED) is 0.880. The van der Waals surface area contributed by atoms with E-state index >= 15 is 0 Å². The SMILES string of the molecule is C=CC(=O)NC[C@H]1CN(c2cccc(F)c2)c2ccnn2C1. The third-order valence-electron chi connectivity index (χ3n) is 3.71. The summed E-state index contributed by atoms with van der Waals surface area (Å²) in [5.74, 6) is 0.644. The van der Waals surface area contributed by atoms with Crippen molar-refractivity contribution in [3.63, 3.8) is 0 Å². The molecule has 0 bridgehead atoms. The summed E-state index contributed by atoms with van der Waals surface area (Å²) in [6.45, 7) is 5.37. The number of anilines is 2.